The van der Waals surface area contributed by atoms with Gasteiger partial charge in [0.05, 0.1) is 36.9 Å². The number of carbonyl (C=O) groups is 1. The van der Waals surface area contributed by atoms with Crippen molar-refractivity contribution in [3.8, 4) is 11.5 Å². The summed E-state index contributed by atoms with van der Waals surface area (Å²) in [6.07, 6.45) is 0.305. The minimum absolute atomic E-state index is 0.0224. The standard InChI is InChI=1S/C19H20N2O3S/c1-21(13-18-20-14-7-3-6-10-17(14)25-18)19(22)11-12-24-16-9-5-4-8-15(16)23-2/h3-10H,11-13H2,1-2H3. The Morgan fingerprint density at radius 1 is 1.12 bits per heavy atom. The van der Waals surface area contributed by atoms with Crippen LogP contribution in [0.2, 0.25) is 0 Å². The number of methoxy groups -OCH3 is 1. The van der Waals surface area contributed by atoms with E-state index in [0.29, 0.717) is 31.1 Å². The van der Waals surface area contributed by atoms with Crippen LogP contribution in [0.25, 0.3) is 10.2 Å². The third-order valence-electron chi connectivity index (χ3n) is 3.78. The van der Waals surface area contributed by atoms with Gasteiger partial charge in [0.1, 0.15) is 5.01 Å². The summed E-state index contributed by atoms with van der Waals surface area (Å²) in [5.41, 5.74) is 0.975. The first-order valence-corrected chi connectivity index (χ1v) is 8.83. The number of thiazole rings is 1. The van der Waals surface area contributed by atoms with Crippen LogP contribution in [0.5, 0.6) is 11.5 Å². The summed E-state index contributed by atoms with van der Waals surface area (Å²) < 4.78 is 12.0. The van der Waals surface area contributed by atoms with Crippen molar-refractivity contribution in [2.45, 2.75) is 13.0 Å². The number of rotatable bonds is 7. The van der Waals surface area contributed by atoms with E-state index in [9.17, 15) is 4.79 Å². The predicted octanol–water partition coefficient (Wildman–Crippen LogP) is 3.73. The highest BCUT2D eigenvalue weighted by molar-refractivity contribution is 7.18. The highest BCUT2D eigenvalue weighted by atomic mass is 32.1. The van der Waals surface area contributed by atoms with Gasteiger partial charge in [0.25, 0.3) is 0 Å². The van der Waals surface area contributed by atoms with E-state index in [1.807, 2.05) is 48.5 Å². The van der Waals surface area contributed by atoms with Crippen molar-refractivity contribution in [3.05, 3.63) is 53.5 Å². The van der Waals surface area contributed by atoms with Gasteiger partial charge in [-0.3, -0.25) is 4.79 Å². The second kappa shape index (κ2) is 7.98. The maximum atomic E-state index is 12.3. The summed E-state index contributed by atoms with van der Waals surface area (Å²) in [7, 11) is 3.39. The van der Waals surface area contributed by atoms with Crippen molar-refractivity contribution < 1.29 is 14.3 Å². The average Bonchev–Trinajstić information content (AvgIpc) is 3.04. The van der Waals surface area contributed by atoms with Gasteiger partial charge in [0.2, 0.25) is 5.91 Å². The number of nitrogens with zero attached hydrogens (tertiary/aromatic N) is 2. The zero-order valence-electron chi connectivity index (χ0n) is 14.3. The molecule has 0 N–H and O–H groups in total. The summed E-state index contributed by atoms with van der Waals surface area (Å²) in [6, 6.07) is 15.4. The molecule has 3 rings (SSSR count). The van der Waals surface area contributed by atoms with Crippen molar-refractivity contribution in [1.82, 2.24) is 9.88 Å². The minimum atomic E-state index is 0.0224. The highest BCUT2D eigenvalue weighted by Crippen LogP contribution is 2.26. The van der Waals surface area contributed by atoms with E-state index in [1.165, 1.54) is 0 Å². The molecule has 1 heterocycles. The van der Waals surface area contributed by atoms with Crippen LogP contribution >= 0.6 is 11.3 Å². The number of amides is 1. The van der Waals surface area contributed by atoms with Crippen molar-refractivity contribution >= 4 is 27.5 Å². The molecule has 1 aromatic heterocycles. The van der Waals surface area contributed by atoms with Crippen LogP contribution in [-0.4, -0.2) is 36.6 Å². The Bertz CT molecular complexity index is 830. The molecule has 0 saturated carbocycles. The lowest BCUT2D eigenvalue weighted by Crippen LogP contribution is -2.27. The van der Waals surface area contributed by atoms with Crippen LogP contribution in [0, 0.1) is 0 Å². The molecule has 5 nitrogen and oxygen atoms in total. The summed E-state index contributed by atoms with van der Waals surface area (Å²) in [4.78, 5) is 18.5. The van der Waals surface area contributed by atoms with Crippen molar-refractivity contribution in [2.24, 2.45) is 0 Å². The number of fused-ring (bicyclic) bond motifs is 1. The van der Waals surface area contributed by atoms with Crippen molar-refractivity contribution in [1.29, 1.82) is 0 Å². The zero-order chi connectivity index (χ0) is 17.6. The number of aromatic nitrogens is 1. The largest absolute Gasteiger partial charge is 0.493 e. The SMILES string of the molecule is COc1ccccc1OCCC(=O)N(C)Cc1nc2ccccc2s1. The fourth-order valence-corrected chi connectivity index (χ4v) is 3.48. The normalized spacial score (nSPS) is 10.6. The Kier molecular flexibility index (Phi) is 5.50. The van der Waals surface area contributed by atoms with Gasteiger partial charge in [0, 0.05) is 7.05 Å². The molecule has 0 spiro atoms. The maximum absolute atomic E-state index is 12.3. The smallest absolute Gasteiger partial charge is 0.226 e. The molecule has 0 fully saturated rings. The molecule has 1 amide bonds. The van der Waals surface area contributed by atoms with Gasteiger partial charge in [-0.2, -0.15) is 0 Å². The Hall–Kier alpha value is -2.60. The van der Waals surface area contributed by atoms with E-state index in [0.717, 1.165) is 15.2 Å². The molecule has 0 bridgehead atoms. The van der Waals surface area contributed by atoms with Gasteiger partial charge in [-0.15, -0.1) is 11.3 Å². The van der Waals surface area contributed by atoms with Crippen molar-refractivity contribution in [3.63, 3.8) is 0 Å². The number of hydrogen-bond acceptors (Lipinski definition) is 5. The molecule has 0 aliphatic rings. The van der Waals surface area contributed by atoms with Crippen LogP contribution in [-0.2, 0) is 11.3 Å². The molecule has 6 heteroatoms. The van der Waals surface area contributed by atoms with Gasteiger partial charge in [-0.1, -0.05) is 24.3 Å². The second-order valence-corrected chi connectivity index (χ2v) is 6.69. The molecule has 0 aliphatic carbocycles. The van der Waals surface area contributed by atoms with Crippen LogP contribution in [0.3, 0.4) is 0 Å². The molecule has 0 unspecified atom stereocenters. The molecule has 0 radical (unpaired) electrons. The van der Waals surface area contributed by atoms with Crippen molar-refractivity contribution in [2.75, 3.05) is 20.8 Å². The van der Waals surface area contributed by atoms with Gasteiger partial charge in [-0.25, -0.2) is 4.98 Å². The molecule has 0 atom stereocenters. The van der Waals surface area contributed by atoms with Crippen LogP contribution < -0.4 is 9.47 Å². The zero-order valence-corrected chi connectivity index (χ0v) is 15.1. The Morgan fingerprint density at radius 2 is 1.84 bits per heavy atom. The van der Waals surface area contributed by atoms with E-state index in [2.05, 4.69) is 4.98 Å². The lowest BCUT2D eigenvalue weighted by molar-refractivity contribution is -0.130. The third kappa shape index (κ3) is 4.28. The van der Waals surface area contributed by atoms with E-state index in [1.54, 1.807) is 30.4 Å². The van der Waals surface area contributed by atoms with Gasteiger partial charge in [-0.05, 0) is 24.3 Å². The van der Waals surface area contributed by atoms with Crippen LogP contribution in [0.1, 0.15) is 11.4 Å². The molecular weight excluding hydrogens is 336 g/mol. The molecule has 3 aromatic rings. The Morgan fingerprint density at radius 3 is 2.60 bits per heavy atom. The van der Waals surface area contributed by atoms with Gasteiger partial charge >= 0.3 is 0 Å². The van der Waals surface area contributed by atoms with Gasteiger partial charge < -0.3 is 14.4 Å². The number of benzene rings is 2. The summed E-state index contributed by atoms with van der Waals surface area (Å²) >= 11 is 1.62. The lowest BCUT2D eigenvalue weighted by Gasteiger charge is -2.16. The maximum Gasteiger partial charge on any atom is 0.226 e. The first-order chi connectivity index (χ1) is 12.2. The first-order valence-electron chi connectivity index (χ1n) is 8.01. The van der Waals surface area contributed by atoms with Crippen LogP contribution in [0.4, 0.5) is 0 Å². The lowest BCUT2D eigenvalue weighted by atomic mass is 10.3. The summed E-state index contributed by atoms with van der Waals surface area (Å²) in [5.74, 6) is 1.33. The number of para-hydroxylation sites is 3. The fraction of sp³-hybridized carbons (Fsp3) is 0.263. The molecule has 2 aromatic carbocycles. The number of ether oxygens (including phenoxy) is 2. The number of carbonyl (C=O) groups excluding carboxylic acids is 1. The van der Waals surface area contributed by atoms with E-state index in [4.69, 9.17) is 9.47 Å². The van der Waals surface area contributed by atoms with E-state index >= 15 is 0 Å². The molecule has 25 heavy (non-hydrogen) atoms. The topological polar surface area (TPSA) is 51.7 Å². The second-order valence-electron chi connectivity index (χ2n) is 5.57. The van der Waals surface area contributed by atoms with E-state index < -0.39 is 0 Å². The van der Waals surface area contributed by atoms with Gasteiger partial charge in [0.15, 0.2) is 11.5 Å². The molecule has 0 aliphatic heterocycles. The summed E-state index contributed by atoms with van der Waals surface area (Å²) in [6.45, 7) is 0.816. The Balaban J connectivity index is 1.52. The minimum Gasteiger partial charge on any atom is -0.493 e. The monoisotopic (exact) mass is 356 g/mol. The van der Waals surface area contributed by atoms with E-state index in [-0.39, 0.29) is 5.91 Å². The first kappa shape index (κ1) is 17.2. The number of hydrogen-bond donors (Lipinski definition) is 0. The third-order valence-corrected chi connectivity index (χ3v) is 4.80. The average molecular weight is 356 g/mol. The fourth-order valence-electron chi connectivity index (χ4n) is 2.46. The molecular formula is C19H20N2O3S. The predicted molar refractivity (Wildman–Crippen MR) is 99.2 cm³/mol. The molecule has 0 saturated heterocycles. The highest BCUT2D eigenvalue weighted by Gasteiger charge is 2.13. The van der Waals surface area contributed by atoms with Crippen LogP contribution in [0.15, 0.2) is 48.5 Å². The Labute approximate surface area is 150 Å². The quantitative estimate of drug-likeness (QED) is 0.647. The summed E-state index contributed by atoms with van der Waals surface area (Å²) in [5, 5.41) is 0.933. The molecule has 130 valence electrons.